The van der Waals surface area contributed by atoms with Crippen LogP contribution in [-0.2, 0) is 34.6 Å². The highest BCUT2D eigenvalue weighted by atomic mass is 31.2. The number of hydrogen-bond acceptors (Lipinski definition) is 10. The number of fused-ring (bicyclic) bond motifs is 1. The summed E-state index contributed by atoms with van der Waals surface area (Å²) in [4.78, 5) is 63.1. The van der Waals surface area contributed by atoms with E-state index in [1.165, 1.54) is 4.90 Å². The van der Waals surface area contributed by atoms with Crippen LogP contribution in [0.4, 0.5) is 4.79 Å². The molecule has 2 heterocycles. The molecule has 3 aromatic carbocycles. The van der Waals surface area contributed by atoms with Crippen molar-refractivity contribution in [1.29, 1.82) is 0 Å². The van der Waals surface area contributed by atoms with Crippen LogP contribution in [0, 0.1) is 11.3 Å². The molecule has 2 fully saturated rings. The van der Waals surface area contributed by atoms with E-state index in [4.69, 9.17) is 23.7 Å². The highest BCUT2D eigenvalue weighted by Crippen LogP contribution is 2.45. The minimum Gasteiger partial charge on any atom is -0.497 e. The summed E-state index contributed by atoms with van der Waals surface area (Å²) < 4.78 is 36.2. The van der Waals surface area contributed by atoms with E-state index in [0.29, 0.717) is 52.8 Å². The molecule has 1 aliphatic heterocycles. The number of amides is 4. The van der Waals surface area contributed by atoms with Crippen molar-refractivity contribution in [3.8, 4) is 22.8 Å². The number of nitrogens with zero attached hydrogens (tertiary/aromatic N) is 2. The molecule has 6 atom stereocenters. The fourth-order valence-electron chi connectivity index (χ4n) is 8.02. The van der Waals surface area contributed by atoms with Crippen LogP contribution in [0.25, 0.3) is 22.2 Å². The van der Waals surface area contributed by atoms with E-state index in [0.717, 1.165) is 11.1 Å². The minimum atomic E-state index is -2.92. The van der Waals surface area contributed by atoms with Gasteiger partial charge in [0.1, 0.15) is 40.8 Å². The summed E-state index contributed by atoms with van der Waals surface area (Å²) in [6, 6.07) is 22.1. The monoisotopic (exact) mass is 895 g/mol. The van der Waals surface area contributed by atoms with Crippen molar-refractivity contribution in [2.75, 3.05) is 33.5 Å². The molecule has 342 valence electrons. The van der Waals surface area contributed by atoms with Gasteiger partial charge in [-0.1, -0.05) is 69.3 Å². The lowest BCUT2D eigenvalue weighted by molar-refractivity contribution is -0.143. The Balaban J connectivity index is 1.27. The number of benzene rings is 3. The van der Waals surface area contributed by atoms with Crippen LogP contribution < -0.4 is 30.7 Å². The van der Waals surface area contributed by atoms with Crippen molar-refractivity contribution in [2.45, 2.75) is 97.1 Å². The molecule has 14 nitrogen and oxygen atoms in total. The van der Waals surface area contributed by atoms with Crippen LogP contribution in [-0.4, -0.2) is 96.5 Å². The van der Waals surface area contributed by atoms with Crippen LogP contribution in [0.1, 0.15) is 66.9 Å². The molecule has 3 N–H and O–H groups in total. The van der Waals surface area contributed by atoms with Gasteiger partial charge in [-0.25, -0.2) is 9.78 Å². The maximum atomic E-state index is 14.8. The first-order chi connectivity index (χ1) is 30.2. The molecule has 1 saturated carbocycles. The average Bonchev–Trinajstić information content (AvgIpc) is 3.80. The van der Waals surface area contributed by atoms with Gasteiger partial charge in [0.2, 0.25) is 25.1 Å². The van der Waals surface area contributed by atoms with Crippen LogP contribution in [0.3, 0.4) is 0 Å². The molecule has 1 saturated heterocycles. The molecule has 0 radical (unpaired) electrons. The first kappa shape index (κ1) is 47.8. The zero-order valence-corrected chi connectivity index (χ0v) is 39.3. The normalized spacial score (nSPS) is 21.0. The Hall–Kier alpha value is -5.72. The lowest BCUT2D eigenvalue weighted by Gasteiger charge is -2.36. The fourth-order valence-corrected chi connectivity index (χ4v) is 9.35. The van der Waals surface area contributed by atoms with E-state index in [2.05, 4.69) is 22.5 Å². The maximum Gasteiger partial charge on any atom is 0.408 e. The topological polar surface area (TPSA) is 174 Å². The van der Waals surface area contributed by atoms with E-state index in [1.54, 1.807) is 59.7 Å². The van der Waals surface area contributed by atoms with Crippen LogP contribution in [0.5, 0.6) is 11.5 Å². The van der Waals surface area contributed by atoms with E-state index < -0.39 is 60.0 Å². The molecule has 1 aromatic heterocycles. The second-order valence-corrected chi connectivity index (χ2v) is 21.1. The van der Waals surface area contributed by atoms with E-state index in [9.17, 15) is 23.7 Å². The summed E-state index contributed by atoms with van der Waals surface area (Å²) in [6.07, 6.45) is 1.10. The second kappa shape index (κ2) is 19.2. The molecule has 0 spiro atoms. The summed E-state index contributed by atoms with van der Waals surface area (Å²) >= 11 is 0. The molecule has 2 aliphatic rings. The van der Waals surface area contributed by atoms with Gasteiger partial charge in [-0.05, 0) is 75.8 Å². The molecular weight excluding hydrogens is 834 g/mol. The molecule has 15 heteroatoms. The Bertz CT molecular complexity index is 2410. The number of carbonyl (C=O) groups excluding carboxylic acids is 4. The number of nitrogens with one attached hydrogen (secondary N) is 3. The number of alkyl carbamates (subject to hydrolysis) is 1. The van der Waals surface area contributed by atoms with Gasteiger partial charge in [0, 0.05) is 53.9 Å². The second-order valence-electron chi connectivity index (χ2n) is 18.6. The molecule has 4 amide bonds. The molecule has 0 bridgehead atoms. The number of methoxy groups -OCH3 is 1. The van der Waals surface area contributed by atoms with Gasteiger partial charge in [0.05, 0.1) is 31.5 Å². The molecule has 1 aliphatic carbocycles. The Labute approximate surface area is 376 Å². The zero-order valence-electron chi connectivity index (χ0n) is 38.4. The predicted molar refractivity (Wildman–Crippen MR) is 248 cm³/mol. The van der Waals surface area contributed by atoms with Gasteiger partial charge in [-0.3, -0.25) is 18.9 Å². The summed E-state index contributed by atoms with van der Waals surface area (Å²) in [5, 5.41) is 10.1. The van der Waals surface area contributed by atoms with Crippen LogP contribution in [0.15, 0.2) is 91.5 Å². The molecule has 6 rings (SSSR count). The first-order valence-electron chi connectivity index (χ1n) is 21.7. The molecular formula is C49H62N5O9P. The third-order valence-electron chi connectivity index (χ3n) is 11.5. The third-order valence-corrected chi connectivity index (χ3v) is 13.5. The Morgan fingerprint density at radius 1 is 1.00 bits per heavy atom. The van der Waals surface area contributed by atoms with Gasteiger partial charge < -0.3 is 39.6 Å². The molecule has 64 heavy (non-hydrogen) atoms. The highest BCUT2D eigenvalue weighted by molar-refractivity contribution is 7.66. The van der Waals surface area contributed by atoms with Crippen molar-refractivity contribution < 1.29 is 42.5 Å². The number of ether oxygens (including phenoxy) is 3. The van der Waals surface area contributed by atoms with Crippen molar-refractivity contribution >= 4 is 47.4 Å². The van der Waals surface area contributed by atoms with Crippen molar-refractivity contribution in [3.63, 3.8) is 0 Å². The van der Waals surface area contributed by atoms with E-state index >= 15 is 0 Å². The summed E-state index contributed by atoms with van der Waals surface area (Å²) in [5.74, 6) is -0.632. The fraction of sp³-hybridized carbons (Fsp3) is 0.449. The van der Waals surface area contributed by atoms with E-state index in [-0.39, 0.29) is 31.3 Å². The number of rotatable bonds is 16. The van der Waals surface area contributed by atoms with Crippen LogP contribution >= 0.6 is 7.37 Å². The molecule has 2 unspecified atom stereocenters. The first-order valence-corrected chi connectivity index (χ1v) is 23.8. The average molecular weight is 896 g/mol. The van der Waals surface area contributed by atoms with E-state index in [1.807, 2.05) is 87.5 Å². The van der Waals surface area contributed by atoms with Gasteiger partial charge in [-0.2, -0.15) is 0 Å². The highest BCUT2D eigenvalue weighted by Gasteiger charge is 2.61. The lowest BCUT2D eigenvalue weighted by atomic mass is 9.85. The lowest BCUT2D eigenvalue weighted by Crippen LogP contribution is -2.60. The Kier molecular flexibility index (Phi) is 14.3. The number of hydrogen-bond donors (Lipinski definition) is 3. The largest absolute Gasteiger partial charge is 0.497 e. The van der Waals surface area contributed by atoms with Crippen molar-refractivity contribution in [2.24, 2.45) is 11.3 Å². The number of likely N-dealkylation sites (tertiary alicyclic amines) is 1. The number of pyridine rings is 1. The summed E-state index contributed by atoms with van der Waals surface area (Å²) in [5.41, 5.74) is 0.173. The van der Waals surface area contributed by atoms with Crippen LogP contribution in [0.2, 0.25) is 0 Å². The summed E-state index contributed by atoms with van der Waals surface area (Å²) in [6.45, 7) is 18.6. The van der Waals surface area contributed by atoms with Gasteiger partial charge in [0.25, 0.3) is 0 Å². The third kappa shape index (κ3) is 11.1. The Morgan fingerprint density at radius 3 is 2.31 bits per heavy atom. The predicted octanol–water partition coefficient (Wildman–Crippen LogP) is 7.19. The van der Waals surface area contributed by atoms with Gasteiger partial charge >= 0.3 is 6.09 Å². The minimum absolute atomic E-state index is 0.00106. The van der Waals surface area contributed by atoms with Crippen molar-refractivity contribution in [3.05, 3.63) is 97.1 Å². The zero-order chi connectivity index (χ0) is 46.6. The molecule has 4 aromatic rings. The number of aromatic nitrogens is 1. The van der Waals surface area contributed by atoms with Crippen molar-refractivity contribution in [1.82, 2.24) is 25.8 Å². The van der Waals surface area contributed by atoms with Gasteiger partial charge in [0.15, 0.2) is 0 Å². The summed E-state index contributed by atoms with van der Waals surface area (Å²) in [7, 11) is -1.34. The van der Waals surface area contributed by atoms with Gasteiger partial charge in [-0.15, -0.1) is 6.58 Å². The standard InChI is InChI=1S/C49H62N5O9P/c1-11-33-29-49(33,45(57)50-25-24-31-18-21-36(22-19-31)64(10,59)61-12-2)53-43(55)40-27-35(30-54(40)44(56)42(47(3,4)5)52-46(58)63-48(6,7)8)62-41-28-38(32-16-14-13-15-17-32)51-39-26-34(60-9)20-23-37(39)41/h11,13-23,26,28,33,35,40,42H,1,12,24-25,27,29-30H2,2-10H3,(H,50,57)(H,52,58)(H,53,55)/t33?,35-,40+,42-,49-,64?/m1/s1. The smallest absolute Gasteiger partial charge is 0.408 e. The Morgan fingerprint density at radius 2 is 1.70 bits per heavy atom. The SMILES string of the molecule is C=CC1C[C@]1(NC(=O)[C@@H]1C[C@@H](Oc2cc(-c3ccccc3)nc3cc(OC)ccc23)CN1C(=O)[C@@H](NC(=O)OC(C)(C)C)C(C)(C)C)C(=O)NCCc1ccc(P(C)(=O)OCC)cc1. The quantitative estimate of drug-likeness (QED) is 0.0772. The maximum absolute atomic E-state index is 14.8. The number of carbonyl (C=O) groups is 4.